The number of hydrogen-bond acceptors (Lipinski definition) is 4. The van der Waals surface area contributed by atoms with Crippen LogP contribution in [0.4, 0.5) is 4.79 Å². The van der Waals surface area contributed by atoms with Crippen molar-refractivity contribution in [1.82, 2.24) is 20.0 Å². The van der Waals surface area contributed by atoms with Crippen LogP contribution in [0.25, 0.3) is 0 Å². The quantitative estimate of drug-likeness (QED) is 0.698. The molecule has 0 saturated carbocycles. The van der Waals surface area contributed by atoms with E-state index in [9.17, 15) is 14.4 Å². The van der Waals surface area contributed by atoms with Crippen LogP contribution in [0.15, 0.2) is 0 Å². The lowest BCUT2D eigenvalue weighted by molar-refractivity contribution is -0.138. The average Bonchev–Trinajstić information content (AvgIpc) is 2.53. The van der Waals surface area contributed by atoms with E-state index in [-0.39, 0.29) is 24.7 Å². The summed E-state index contributed by atoms with van der Waals surface area (Å²) in [4.78, 5) is 39.5. The summed E-state index contributed by atoms with van der Waals surface area (Å²) >= 11 is 0. The second-order valence-corrected chi connectivity index (χ2v) is 5.28. The fourth-order valence-corrected chi connectivity index (χ4v) is 2.59. The lowest BCUT2D eigenvalue weighted by atomic mass is 10.2. The Hall–Kier alpha value is -1.83. The third kappa shape index (κ3) is 4.32. The zero-order chi connectivity index (χ0) is 15.2. The lowest BCUT2D eigenvalue weighted by Crippen LogP contribution is -2.50. The Balaban J connectivity index is 1.70. The van der Waals surface area contributed by atoms with Crippen LogP contribution in [-0.2, 0) is 9.59 Å². The number of rotatable bonds is 3. The van der Waals surface area contributed by atoms with Gasteiger partial charge in [0.2, 0.25) is 11.8 Å². The summed E-state index contributed by atoms with van der Waals surface area (Å²) in [6.07, 6.45) is -0.510. The number of carbonyl (C=O) groups is 3. The first kappa shape index (κ1) is 15.6. The number of carbonyl (C=O) groups excluding carboxylic acids is 2. The molecule has 2 heterocycles. The summed E-state index contributed by atoms with van der Waals surface area (Å²) in [7, 11) is 0. The Morgan fingerprint density at radius 3 is 1.67 bits per heavy atom. The van der Waals surface area contributed by atoms with Gasteiger partial charge < -0.3 is 25.1 Å². The number of piperazine rings is 2. The van der Waals surface area contributed by atoms with Crippen molar-refractivity contribution in [2.45, 2.75) is 12.8 Å². The maximum Gasteiger partial charge on any atom is 0.407 e. The summed E-state index contributed by atoms with van der Waals surface area (Å²) in [6, 6.07) is 0. The van der Waals surface area contributed by atoms with Gasteiger partial charge in [0.1, 0.15) is 0 Å². The fraction of sp³-hybridized carbons (Fsp3) is 0.769. The highest BCUT2D eigenvalue weighted by Crippen LogP contribution is 2.07. The molecule has 2 rings (SSSR count). The molecular weight excluding hydrogens is 276 g/mol. The van der Waals surface area contributed by atoms with Crippen molar-refractivity contribution in [3.63, 3.8) is 0 Å². The maximum absolute atomic E-state index is 12.0. The summed E-state index contributed by atoms with van der Waals surface area (Å²) in [5.41, 5.74) is 0. The topological polar surface area (TPSA) is 93.2 Å². The molecule has 2 aliphatic rings. The minimum Gasteiger partial charge on any atom is -0.465 e. The maximum atomic E-state index is 12.0. The molecule has 0 radical (unpaired) electrons. The van der Waals surface area contributed by atoms with Crippen molar-refractivity contribution in [2.24, 2.45) is 0 Å². The standard InChI is InChI=1S/C13H22N4O4/c18-11(15-5-3-14-4-6-15)1-2-12(19)16-7-9-17(10-8-16)13(20)21/h14H,1-10H2,(H,20,21). The van der Waals surface area contributed by atoms with Gasteiger partial charge in [0.05, 0.1) is 0 Å². The molecular formula is C13H22N4O4. The fourth-order valence-electron chi connectivity index (χ4n) is 2.59. The molecule has 2 fully saturated rings. The van der Waals surface area contributed by atoms with Crippen molar-refractivity contribution >= 4 is 17.9 Å². The Bertz CT molecular complexity index is 401. The normalized spacial score (nSPS) is 19.5. The summed E-state index contributed by atoms with van der Waals surface area (Å²) in [5, 5.41) is 12.0. The van der Waals surface area contributed by atoms with Crippen molar-refractivity contribution in [1.29, 1.82) is 0 Å². The first-order valence-electron chi connectivity index (χ1n) is 7.32. The minimum atomic E-state index is -0.948. The first-order valence-corrected chi connectivity index (χ1v) is 7.32. The van der Waals surface area contributed by atoms with Crippen molar-refractivity contribution in [3.8, 4) is 0 Å². The van der Waals surface area contributed by atoms with E-state index in [4.69, 9.17) is 5.11 Å². The molecule has 8 nitrogen and oxygen atoms in total. The molecule has 118 valence electrons. The number of nitrogens with zero attached hydrogens (tertiary/aromatic N) is 3. The van der Waals surface area contributed by atoms with E-state index in [2.05, 4.69) is 5.32 Å². The largest absolute Gasteiger partial charge is 0.465 e. The Kier molecular flexibility index (Phi) is 5.38. The molecule has 0 aromatic carbocycles. The van der Waals surface area contributed by atoms with Gasteiger partial charge in [0.25, 0.3) is 0 Å². The Morgan fingerprint density at radius 1 is 0.762 bits per heavy atom. The second kappa shape index (κ2) is 7.26. The summed E-state index contributed by atoms with van der Waals surface area (Å²) in [6.45, 7) is 4.50. The summed E-state index contributed by atoms with van der Waals surface area (Å²) in [5.74, 6) is -0.0439. The molecule has 0 atom stereocenters. The third-order valence-electron chi connectivity index (χ3n) is 3.93. The van der Waals surface area contributed by atoms with E-state index in [1.165, 1.54) is 4.90 Å². The molecule has 2 saturated heterocycles. The van der Waals surface area contributed by atoms with E-state index in [1.54, 1.807) is 9.80 Å². The predicted octanol–water partition coefficient (Wildman–Crippen LogP) is -0.979. The molecule has 0 unspecified atom stereocenters. The van der Waals surface area contributed by atoms with Crippen LogP contribution in [0.5, 0.6) is 0 Å². The van der Waals surface area contributed by atoms with Gasteiger partial charge in [-0.25, -0.2) is 4.79 Å². The molecule has 0 aromatic heterocycles. The zero-order valence-corrected chi connectivity index (χ0v) is 12.1. The van der Waals surface area contributed by atoms with Crippen LogP contribution in [0, 0.1) is 0 Å². The smallest absolute Gasteiger partial charge is 0.407 e. The Labute approximate surface area is 123 Å². The van der Waals surface area contributed by atoms with Gasteiger partial charge in [0, 0.05) is 65.2 Å². The average molecular weight is 298 g/mol. The van der Waals surface area contributed by atoms with Gasteiger partial charge >= 0.3 is 6.09 Å². The number of nitrogens with one attached hydrogen (secondary N) is 1. The first-order chi connectivity index (χ1) is 10.1. The van der Waals surface area contributed by atoms with E-state index in [0.717, 1.165) is 13.1 Å². The van der Waals surface area contributed by atoms with Gasteiger partial charge in [-0.1, -0.05) is 0 Å². The highest BCUT2D eigenvalue weighted by Gasteiger charge is 2.24. The van der Waals surface area contributed by atoms with Crippen LogP contribution < -0.4 is 5.32 Å². The molecule has 8 heteroatoms. The molecule has 3 amide bonds. The number of amides is 3. The zero-order valence-electron chi connectivity index (χ0n) is 12.1. The SMILES string of the molecule is O=C(O)N1CCN(C(=O)CCC(=O)N2CCNCC2)CC1. The van der Waals surface area contributed by atoms with Crippen LogP contribution in [-0.4, -0.2) is 90.1 Å². The van der Waals surface area contributed by atoms with Crippen molar-refractivity contribution in [2.75, 3.05) is 52.4 Å². The highest BCUT2D eigenvalue weighted by atomic mass is 16.4. The van der Waals surface area contributed by atoms with E-state index in [1.807, 2.05) is 0 Å². The van der Waals surface area contributed by atoms with Crippen LogP contribution >= 0.6 is 0 Å². The summed E-state index contributed by atoms with van der Waals surface area (Å²) < 4.78 is 0. The van der Waals surface area contributed by atoms with Gasteiger partial charge in [-0.3, -0.25) is 9.59 Å². The predicted molar refractivity (Wildman–Crippen MR) is 74.9 cm³/mol. The third-order valence-corrected chi connectivity index (χ3v) is 3.93. The van der Waals surface area contributed by atoms with Gasteiger partial charge in [-0.2, -0.15) is 0 Å². The number of carboxylic acid groups (broad SMARTS) is 1. The molecule has 21 heavy (non-hydrogen) atoms. The van der Waals surface area contributed by atoms with Crippen molar-refractivity contribution in [3.05, 3.63) is 0 Å². The minimum absolute atomic E-state index is 0.0222. The lowest BCUT2D eigenvalue weighted by Gasteiger charge is -2.33. The van der Waals surface area contributed by atoms with Crippen LogP contribution in [0.2, 0.25) is 0 Å². The second-order valence-electron chi connectivity index (χ2n) is 5.28. The molecule has 0 aliphatic carbocycles. The molecule has 2 aliphatic heterocycles. The Morgan fingerprint density at radius 2 is 1.19 bits per heavy atom. The monoisotopic (exact) mass is 298 g/mol. The van der Waals surface area contributed by atoms with Gasteiger partial charge in [0.15, 0.2) is 0 Å². The molecule has 2 N–H and O–H groups in total. The molecule has 0 bridgehead atoms. The van der Waals surface area contributed by atoms with Crippen LogP contribution in [0.1, 0.15) is 12.8 Å². The van der Waals surface area contributed by atoms with E-state index < -0.39 is 6.09 Å². The van der Waals surface area contributed by atoms with Gasteiger partial charge in [-0.15, -0.1) is 0 Å². The highest BCUT2D eigenvalue weighted by molar-refractivity contribution is 5.84. The van der Waals surface area contributed by atoms with E-state index >= 15 is 0 Å². The number of hydrogen-bond donors (Lipinski definition) is 2. The van der Waals surface area contributed by atoms with Crippen LogP contribution in [0.3, 0.4) is 0 Å². The molecule has 0 spiro atoms. The molecule has 0 aromatic rings. The van der Waals surface area contributed by atoms with Crippen molar-refractivity contribution < 1.29 is 19.5 Å². The van der Waals surface area contributed by atoms with Gasteiger partial charge in [-0.05, 0) is 0 Å². The van der Waals surface area contributed by atoms with E-state index in [0.29, 0.717) is 39.3 Å².